The van der Waals surface area contributed by atoms with E-state index in [-0.39, 0.29) is 0 Å². The fourth-order valence-corrected chi connectivity index (χ4v) is 3.36. The molecular formula is C20H30BrNO. The highest BCUT2D eigenvalue weighted by molar-refractivity contribution is 9.09. The predicted octanol–water partition coefficient (Wildman–Crippen LogP) is 5.74. The van der Waals surface area contributed by atoms with E-state index < -0.39 is 0 Å². The monoisotopic (exact) mass is 379 g/mol. The minimum atomic E-state index is 0.836. The van der Waals surface area contributed by atoms with E-state index in [1.54, 1.807) is 0 Å². The molecule has 0 fully saturated rings. The molecule has 1 aromatic carbocycles. The normalized spacial score (nSPS) is 13.6. The lowest BCUT2D eigenvalue weighted by Gasteiger charge is -2.31. The van der Waals surface area contributed by atoms with Crippen molar-refractivity contribution < 1.29 is 4.74 Å². The van der Waals surface area contributed by atoms with Crippen LogP contribution in [0.1, 0.15) is 51.5 Å². The molecule has 23 heavy (non-hydrogen) atoms. The summed E-state index contributed by atoms with van der Waals surface area (Å²) in [4.78, 5) is 2.48. The summed E-state index contributed by atoms with van der Waals surface area (Å²) in [6.07, 6.45) is 9.68. The van der Waals surface area contributed by atoms with Crippen LogP contribution in [0.15, 0.2) is 29.8 Å². The molecule has 1 aliphatic rings. The topological polar surface area (TPSA) is 12.5 Å². The smallest absolute Gasteiger partial charge is 0.119 e. The second kappa shape index (κ2) is 10.0. The molecule has 0 saturated heterocycles. The van der Waals surface area contributed by atoms with Crippen LogP contribution in [-0.4, -0.2) is 25.0 Å². The van der Waals surface area contributed by atoms with E-state index in [4.69, 9.17) is 4.74 Å². The summed E-state index contributed by atoms with van der Waals surface area (Å²) in [5.41, 5.74) is 4.21. The van der Waals surface area contributed by atoms with E-state index >= 15 is 0 Å². The first-order valence-electron chi connectivity index (χ1n) is 8.90. The van der Waals surface area contributed by atoms with Crippen molar-refractivity contribution in [2.75, 3.05) is 29.9 Å². The van der Waals surface area contributed by atoms with Gasteiger partial charge in [-0.1, -0.05) is 40.4 Å². The van der Waals surface area contributed by atoms with Crippen LogP contribution in [0.5, 0.6) is 5.75 Å². The molecule has 2 nitrogen and oxygen atoms in total. The molecule has 128 valence electrons. The van der Waals surface area contributed by atoms with Crippen molar-refractivity contribution in [3.63, 3.8) is 0 Å². The molecule has 0 aromatic heterocycles. The summed E-state index contributed by atoms with van der Waals surface area (Å²) in [6.45, 7) is 7.34. The number of allylic oxidation sites excluding steroid dienone is 1. The maximum Gasteiger partial charge on any atom is 0.119 e. The zero-order valence-electron chi connectivity index (χ0n) is 14.6. The molecule has 1 aromatic rings. The Bertz CT molecular complexity index is 508. The number of hydrogen-bond acceptors (Lipinski definition) is 2. The number of nitrogens with zero attached hydrogens (tertiary/aromatic N) is 1. The quantitative estimate of drug-likeness (QED) is 0.308. The van der Waals surface area contributed by atoms with Gasteiger partial charge in [-0.2, -0.15) is 0 Å². The predicted molar refractivity (Wildman–Crippen MR) is 104 cm³/mol. The Balaban J connectivity index is 1.87. The van der Waals surface area contributed by atoms with Gasteiger partial charge < -0.3 is 9.64 Å². The lowest BCUT2D eigenvalue weighted by atomic mass is 10.0. The van der Waals surface area contributed by atoms with E-state index in [2.05, 4.69) is 59.0 Å². The molecule has 0 spiro atoms. The summed E-state index contributed by atoms with van der Waals surface area (Å²) in [6, 6.07) is 6.63. The van der Waals surface area contributed by atoms with Gasteiger partial charge in [-0.25, -0.2) is 0 Å². The van der Waals surface area contributed by atoms with Gasteiger partial charge in [0.1, 0.15) is 5.75 Å². The molecule has 0 N–H and O–H groups in total. The fraction of sp³-hybridized carbons (Fsp3) is 0.600. The first-order chi connectivity index (χ1) is 11.2. The second-order valence-electron chi connectivity index (χ2n) is 6.57. The lowest BCUT2D eigenvalue weighted by molar-refractivity contribution is 0.305. The van der Waals surface area contributed by atoms with Crippen LogP contribution in [0.3, 0.4) is 0 Å². The maximum atomic E-state index is 5.94. The molecule has 3 heteroatoms. The number of ether oxygens (including phenoxy) is 1. The number of rotatable bonds is 9. The Hall–Kier alpha value is -0.960. The number of hydrogen-bond donors (Lipinski definition) is 0. The van der Waals surface area contributed by atoms with Crippen LogP contribution in [0.25, 0.3) is 0 Å². The van der Waals surface area contributed by atoms with Crippen molar-refractivity contribution in [1.29, 1.82) is 0 Å². The number of unbranched alkanes of at least 4 members (excludes halogenated alkanes) is 3. The number of alkyl halides is 1. The van der Waals surface area contributed by atoms with Gasteiger partial charge in [0.25, 0.3) is 0 Å². The Morgan fingerprint density at radius 1 is 1.22 bits per heavy atom. The highest BCUT2D eigenvalue weighted by atomic mass is 79.9. The van der Waals surface area contributed by atoms with Gasteiger partial charge in [0, 0.05) is 24.1 Å². The SMILES string of the molecule is CC(C)=CCN1CCCc2cc(OCCCCCCBr)ccc21. The van der Waals surface area contributed by atoms with Crippen LogP contribution in [0, 0.1) is 0 Å². The summed E-state index contributed by atoms with van der Waals surface area (Å²) < 4.78 is 5.94. The molecule has 0 atom stereocenters. The average Bonchev–Trinajstić information content (AvgIpc) is 2.55. The minimum absolute atomic E-state index is 0.836. The van der Waals surface area contributed by atoms with Crippen molar-refractivity contribution in [2.45, 2.75) is 52.4 Å². The average molecular weight is 380 g/mol. The van der Waals surface area contributed by atoms with E-state index in [1.807, 2.05) is 0 Å². The van der Waals surface area contributed by atoms with E-state index in [0.717, 1.165) is 37.2 Å². The number of aryl methyl sites for hydroxylation is 1. The van der Waals surface area contributed by atoms with Gasteiger partial charge in [0.05, 0.1) is 6.61 Å². The molecule has 0 unspecified atom stereocenters. The molecule has 0 amide bonds. The first kappa shape index (κ1) is 18.4. The van der Waals surface area contributed by atoms with Crippen molar-refractivity contribution in [3.05, 3.63) is 35.4 Å². The van der Waals surface area contributed by atoms with Gasteiger partial charge in [-0.15, -0.1) is 0 Å². The summed E-state index contributed by atoms with van der Waals surface area (Å²) >= 11 is 3.48. The van der Waals surface area contributed by atoms with E-state index in [9.17, 15) is 0 Å². The molecule has 0 saturated carbocycles. The first-order valence-corrected chi connectivity index (χ1v) is 10.0. The molecule has 2 rings (SSSR count). The molecule has 1 aliphatic heterocycles. The van der Waals surface area contributed by atoms with Gasteiger partial charge in [-0.3, -0.25) is 0 Å². The molecule has 0 radical (unpaired) electrons. The minimum Gasteiger partial charge on any atom is -0.494 e. The van der Waals surface area contributed by atoms with Crippen molar-refractivity contribution in [2.24, 2.45) is 0 Å². The Morgan fingerprint density at radius 3 is 2.83 bits per heavy atom. The van der Waals surface area contributed by atoms with Gasteiger partial charge in [0.15, 0.2) is 0 Å². The van der Waals surface area contributed by atoms with Crippen molar-refractivity contribution in [3.8, 4) is 5.75 Å². The van der Waals surface area contributed by atoms with E-state index in [1.165, 1.54) is 48.9 Å². The van der Waals surface area contributed by atoms with Crippen LogP contribution in [-0.2, 0) is 6.42 Å². The summed E-state index contributed by atoms with van der Waals surface area (Å²) in [7, 11) is 0. The number of halogens is 1. The lowest BCUT2D eigenvalue weighted by Crippen LogP contribution is -2.29. The van der Waals surface area contributed by atoms with Crippen molar-refractivity contribution in [1.82, 2.24) is 0 Å². The number of anilines is 1. The van der Waals surface area contributed by atoms with Crippen LogP contribution >= 0.6 is 15.9 Å². The van der Waals surface area contributed by atoms with E-state index in [0.29, 0.717) is 0 Å². The summed E-state index contributed by atoms with van der Waals surface area (Å²) in [5.74, 6) is 1.04. The fourth-order valence-electron chi connectivity index (χ4n) is 2.96. The van der Waals surface area contributed by atoms with Crippen molar-refractivity contribution >= 4 is 21.6 Å². The summed E-state index contributed by atoms with van der Waals surface area (Å²) in [5, 5.41) is 1.11. The highest BCUT2D eigenvalue weighted by Gasteiger charge is 2.16. The standard InChI is InChI=1S/C20H30BrNO/c1-17(2)11-14-22-13-7-8-18-16-19(9-10-20(18)22)23-15-6-4-3-5-12-21/h9-11,16H,3-8,12-15H2,1-2H3. The largest absolute Gasteiger partial charge is 0.494 e. The van der Waals surface area contributed by atoms with Gasteiger partial charge >= 0.3 is 0 Å². The molecule has 1 heterocycles. The van der Waals surface area contributed by atoms with Crippen LogP contribution in [0.4, 0.5) is 5.69 Å². The maximum absolute atomic E-state index is 5.94. The Morgan fingerprint density at radius 2 is 2.04 bits per heavy atom. The third-order valence-electron chi connectivity index (χ3n) is 4.28. The second-order valence-corrected chi connectivity index (χ2v) is 7.37. The Kier molecular flexibility index (Phi) is 8.01. The van der Waals surface area contributed by atoms with Gasteiger partial charge in [-0.05, 0) is 63.3 Å². The zero-order valence-corrected chi connectivity index (χ0v) is 16.2. The third kappa shape index (κ3) is 6.21. The molecule has 0 aliphatic carbocycles. The zero-order chi connectivity index (χ0) is 16.5. The molecular weight excluding hydrogens is 350 g/mol. The third-order valence-corrected chi connectivity index (χ3v) is 4.84. The number of benzene rings is 1. The highest BCUT2D eigenvalue weighted by Crippen LogP contribution is 2.30. The van der Waals surface area contributed by atoms with Crippen LogP contribution in [0.2, 0.25) is 0 Å². The number of fused-ring (bicyclic) bond motifs is 1. The van der Waals surface area contributed by atoms with Crippen LogP contribution < -0.4 is 9.64 Å². The van der Waals surface area contributed by atoms with Gasteiger partial charge in [0.2, 0.25) is 0 Å². The Labute approximate surface area is 150 Å². The molecule has 0 bridgehead atoms.